The number of nitrogens with zero attached hydrogens (tertiary/aromatic N) is 2. The van der Waals surface area contributed by atoms with Crippen LogP contribution in [0.2, 0.25) is 0 Å². The SMILES string of the molecule is Cc1ccc(NC(=O)CSC(C)C(=O)N2CCNCC2c2cccnc2)cc1.Cl. The second kappa shape index (κ2) is 11.2. The number of aromatic nitrogens is 1. The number of thioether (sulfide) groups is 1. The maximum atomic E-state index is 13.0. The average Bonchev–Trinajstić information content (AvgIpc) is 2.74. The number of halogens is 1. The van der Waals surface area contributed by atoms with Gasteiger partial charge in [0, 0.05) is 37.7 Å². The maximum absolute atomic E-state index is 13.0. The average molecular weight is 435 g/mol. The Balaban J connectivity index is 0.00000300. The number of piperazine rings is 1. The summed E-state index contributed by atoms with van der Waals surface area (Å²) in [5.74, 6) is 0.200. The minimum atomic E-state index is -0.291. The van der Waals surface area contributed by atoms with E-state index >= 15 is 0 Å². The number of aryl methyl sites for hydroxylation is 1. The van der Waals surface area contributed by atoms with Gasteiger partial charge in [0.15, 0.2) is 0 Å². The van der Waals surface area contributed by atoms with Crippen LogP contribution in [0.15, 0.2) is 48.8 Å². The highest BCUT2D eigenvalue weighted by Crippen LogP contribution is 2.25. The summed E-state index contributed by atoms with van der Waals surface area (Å²) in [5, 5.41) is 5.93. The summed E-state index contributed by atoms with van der Waals surface area (Å²) >= 11 is 1.37. The molecular weight excluding hydrogens is 408 g/mol. The van der Waals surface area contributed by atoms with Gasteiger partial charge in [-0.25, -0.2) is 0 Å². The second-order valence-corrected chi connectivity index (χ2v) is 8.23. The maximum Gasteiger partial charge on any atom is 0.236 e. The first-order chi connectivity index (χ1) is 13.5. The Morgan fingerprint density at radius 2 is 2.07 bits per heavy atom. The van der Waals surface area contributed by atoms with Crippen molar-refractivity contribution in [1.29, 1.82) is 0 Å². The van der Waals surface area contributed by atoms with E-state index in [0.717, 1.165) is 23.4 Å². The van der Waals surface area contributed by atoms with Crippen LogP contribution in [0.1, 0.15) is 24.1 Å². The number of carbonyl (C=O) groups is 2. The molecule has 2 aromatic rings. The molecule has 2 amide bonds. The molecule has 29 heavy (non-hydrogen) atoms. The molecule has 0 radical (unpaired) electrons. The van der Waals surface area contributed by atoms with Crippen molar-refractivity contribution >= 4 is 41.7 Å². The van der Waals surface area contributed by atoms with E-state index in [1.54, 1.807) is 6.20 Å². The monoisotopic (exact) mass is 434 g/mol. The van der Waals surface area contributed by atoms with E-state index in [4.69, 9.17) is 0 Å². The largest absolute Gasteiger partial charge is 0.332 e. The summed E-state index contributed by atoms with van der Waals surface area (Å²) in [7, 11) is 0. The number of rotatable bonds is 6. The Morgan fingerprint density at radius 3 is 2.76 bits per heavy atom. The number of anilines is 1. The van der Waals surface area contributed by atoms with Gasteiger partial charge in [-0.15, -0.1) is 24.2 Å². The predicted octanol–water partition coefficient (Wildman–Crippen LogP) is 3.05. The van der Waals surface area contributed by atoms with Crippen LogP contribution < -0.4 is 10.6 Å². The Bertz CT molecular complexity index is 804. The molecule has 1 fully saturated rings. The third-order valence-electron chi connectivity index (χ3n) is 4.74. The summed E-state index contributed by atoms with van der Waals surface area (Å²) in [6.45, 7) is 6.01. The lowest BCUT2D eigenvalue weighted by Crippen LogP contribution is -2.50. The number of benzene rings is 1. The molecule has 2 heterocycles. The first kappa shape index (κ1) is 23.2. The molecule has 1 saturated heterocycles. The Kier molecular flexibility index (Phi) is 8.95. The van der Waals surface area contributed by atoms with Crippen molar-refractivity contribution < 1.29 is 9.59 Å². The molecule has 1 aromatic carbocycles. The highest BCUT2D eigenvalue weighted by molar-refractivity contribution is 8.01. The molecule has 1 aliphatic heterocycles. The lowest BCUT2D eigenvalue weighted by Gasteiger charge is -2.37. The Morgan fingerprint density at radius 1 is 1.31 bits per heavy atom. The molecule has 6 nitrogen and oxygen atoms in total. The van der Waals surface area contributed by atoms with Crippen molar-refractivity contribution in [3.8, 4) is 0 Å². The van der Waals surface area contributed by atoms with Crippen molar-refractivity contribution in [3.63, 3.8) is 0 Å². The van der Waals surface area contributed by atoms with Gasteiger partial charge in [0.1, 0.15) is 0 Å². The topological polar surface area (TPSA) is 74.3 Å². The van der Waals surface area contributed by atoms with Crippen LogP contribution in [0.3, 0.4) is 0 Å². The molecule has 2 atom stereocenters. The highest BCUT2D eigenvalue weighted by atomic mass is 35.5. The minimum Gasteiger partial charge on any atom is -0.332 e. The fraction of sp³-hybridized carbons (Fsp3) is 0.381. The molecule has 0 aliphatic carbocycles. The van der Waals surface area contributed by atoms with Crippen molar-refractivity contribution in [1.82, 2.24) is 15.2 Å². The summed E-state index contributed by atoms with van der Waals surface area (Å²) in [6.07, 6.45) is 3.54. The molecule has 2 unspecified atom stereocenters. The van der Waals surface area contributed by atoms with E-state index < -0.39 is 0 Å². The van der Waals surface area contributed by atoms with Crippen molar-refractivity contribution in [3.05, 3.63) is 59.9 Å². The first-order valence-corrected chi connectivity index (χ1v) is 10.5. The van der Waals surface area contributed by atoms with E-state index in [2.05, 4.69) is 15.6 Å². The molecule has 1 aromatic heterocycles. The van der Waals surface area contributed by atoms with E-state index in [1.807, 2.05) is 61.3 Å². The number of carbonyl (C=O) groups excluding carboxylic acids is 2. The smallest absolute Gasteiger partial charge is 0.236 e. The third-order valence-corrected chi connectivity index (χ3v) is 5.87. The summed E-state index contributed by atoms with van der Waals surface area (Å²) in [6, 6.07) is 11.5. The van der Waals surface area contributed by atoms with Gasteiger partial charge in [-0.2, -0.15) is 0 Å². The molecule has 0 spiro atoms. The first-order valence-electron chi connectivity index (χ1n) is 9.44. The fourth-order valence-electron chi connectivity index (χ4n) is 3.18. The zero-order valence-corrected chi connectivity index (χ0v) is 18.3. The molecule has 8 heteroatoms. The van der Waals surface area contributed by atoms with Gasteiger partial charge in [0.2, 0.25) is 11.8 Å². The number of hydrogen-bond donors (Lipinski definition) is 2. The van der Waals surface area contributed by atoms with Gasteiger partial charge in [-0.1, -0.05) is 23.8 Å². The van der Waals surface area contributed by atoms with E-state index in [-0.39, 0.29) is 41.3 Å². The number of amides is 2. The Labute approximate surface area is 182 Å². The van der Waals surface area contributed by atoms with E-state index in [9.17, 15) is 9.59 Å². The number of pyridine rings is 1. The van der Waals surface area contributed by atoms with Gasteiger partial charge in [0.05, 0.1) is 17.0 Å². The van der Waals surface area contributed by atoms with Crippen LogP contribution in [0.5, 0.6) is 0 Å². The van der Waals surface area contributed by atoms with Crippen LogP contribution in [0, 0.1) is 6.92 Å². The second-order valence-electron chi connectivity index (χ2n) is 6.91. The lowest BCUT2D eigenvalue weighted by atomic mass is 10.0. The van der Waals surface area contributed by atoms with Crippen LogP contribution in [-0.4, -0.2) is 52.3 Å². The van der Waals surface area contributed by atoms with Crippen molar-refractivity contribution in [2.24, 2.45) is 0 Å². The van der Waals surface area contributed by atoms with Gasteiger partial charge in [0.25, 0.3) is 0 Å². The highest BCUT2D eigenvalue weighted by Gasteiger charge is 2.31. The number of nitrogens with one attached hydrogen (secondary N) is 2. The lowest BCUT2D eigenvalue weighted by molar-refractivity contribution is -0.133. The predicted molar refractivity (Wildman–Crippen MR) is 121 cm³/mol. The molecule has 0 saturated carbocycles. The van der Waals surface area contributed by atoms with Crippen molar-refractivity contribution in [2.75, 3.05) is 30.7 Å². The zero-order chi connectivity index (χ0) is 19.9. The van der Waals surface area contributed by atoms with Crippen molar-refractivity contribution in [2.45, 2.75) is 25.1 Å². The zero-order valence-electron chi connectivity index (χ0n) is 16.6. The van der Waals surface area contributed by atoms with Gasteiger partial charge in [-0.3, -0.25) is 14.6 Å². The molecule has 3 rings (SSSR count). The van der Waals surface area contributed by atoms with Crippen LogP contribution in [0.4, 0.5) is 5.69 Å². The minimum absolute atomic E-state index is 0. The summed E-state index contributed by atoms with van der Waals surface area (Å²) in [4.78, 5) is 31.3. The molecule has 156 valence electrons. The molecule has 1 aliphatic rings. The van der Waals surface area contributed by atoms with Crippen LogP contribution in [0.25, 0.3) is 0 Å². The van der Waals surface area contributed by atoms with Gasteiger partial charge in [-0.05, 0) is 37.6 Å². The van der Waals surface area contributed by atoms with Crippen LogP contribution >= 0.6 is 24.2 Å². The third kappa shape index (κ3) is 6.45. The standard InChI is InChI=1S/C21H26N4O2S.ClH/c1-15-5-7-18(8-6-15)24-20(26)14-28-16(2)21(27)25-11-10-23-13-19(25)17-4-3-9-22-12-17;/h3-9,12,16,19,23H,10-11,13-14H2,1-2H3,(H,24,26);1H. The fourth-order valence-corrected chi connectivity index (χ4v) is 3.93. The normalized spacial score (nSPS) is 17.2. The summed E-state index contributed by atoms with van der Waals surface area (Å²) in [5.41, 5.74) is 2.94. The van der Waals surface area contributed by atoms with Gasteiger partial charge >= 0.3 is 0 Å². The Hall–Kier alpha value is -2.09. The van der Waals surface area contributed by atoms with E-state index in [0.29, 0.717) is 13.1 Å². The van der Waals surface area contributed by atoms with Gasteiger partial charge < -0.3 is 15.5 Å². The quantitative estimate of drug-likeness (QED) is 0.730. The molecule has 0 bridgehead atoms. The summed E-state index contributed by atoms with van der Waals surface area (Å²) < 4.78 is 0. The molecular formula is C21H27ClN4O2S. The van der Waals surface area contributed by atoms with Crippen LogP contribution in [-0.2, 0) is 9.59 Å². The molecule has 2 N–H and O–H groups in total. The number of hydrogen-bond acceptors (Lipinski definition) is 5. The van der Waals surface area contributed by atoms with E-state index in [1.165, 1.54) is 11.8 Å².